The zero-order valence-corrected chi connectivity index (χ0v) is 16.3. The van der Waals surface area contributed by atoms with Crippen molar-refractivity contribution in [3.8, 4) is 0 Å². The summed E-state index contributed by atoms with van der Waals surface area (Å²) in [4.78, 5) is 38.3. The van der Waals surface area contributed by atoms with Crippen molar-refractivity contribution >= 4 is 17.6 Å². The summed E-state index contributed by atoms with van der Waals surface area (Å²) in [6, 6.07) is -0.0387. The fourth-order valence-electron chi connectivity index (χ4n) is 4.78. The highest BCUT2D eigenvalue weighted by Gasteiger charge is 2.37. The van der Waals surface area contributed by atoms with E-state index in [0.717, 1.165) is 74.4 Å². The fraction of sp³-hybridized carbons (Fsp3) is 0.700. The second-order valence-electron chi connectivity index (χ2n) is 7.97. The summed E-state index contributed by atoms with van der Waals surface area (Å²) in [5.74, 6) is 2.12. The molecule has 4 rings (SSSR count). The van der Waals surface area contributed by atoms with E-state index >= 15 is 0 Å². The van der Waals surface area contributed by atoms with E-state index in [0.29, 0.717) is 13.1 Å². The number of carbonyl (C=O) groups is 2. The van der Waals surface area contributed by atoms with E-state index in [2.05, 4.69) is 5.32 Å². The molecular weight excluding hydrogens is 342 g/mol. The molecule has 1 saturated carbocycles. The highest BCUT2D eigenvalue weighted by molar-refractivity contribution is 5.79. The molecule has 1 N–H and O–H groups in total. The lowest BCUT2D eigenvalue weighted by Gasteiger charge is -2.31. The van der Waals surface area contributed by atoms with Crippen LogP contribution in [-0.4, -0.2) is 51.7 Å². The van der Waals surface area contributed by atoms with E-state index in [-0.39, 0.29) is 23.8 Å². The molecule has 2 amide bonds. The van der Waals surface area contributed by atoms with Gasteiger partial charge in [0, 0.05) is 38.5 Å². The number of likely N-dealkylation sites (tertiary alicyclic amines) is 1. The van der Waals surface area contributed by atoms with Gasteiger partial charge in [0.1, 0.15) is 5.82 Å². The van der Waals surface area contributed by atoms with Crippen LogP contribution in [0.1, 0.15) is 68.6 Å². The Kier molecular flexibility index (Phi) is 5.02. The number of rotatable bonds is 3. The van der Waals surface area contributed by atoms with Crippen LogP contribution in [-0.2, 0) is 22.6 Å². The Morgan fingerprint density at radius 1 is 1.07 bits per heavy atom. The first-order chi connectivity index (χ1) is 13.1. The maximum Gasteiger partial charge on any atom is 0.226 e. The molecule has 0 spiro atoms. The van der Waals surface area contributed by atoms with Gasteiger partial charge >= 0.3 is 0 Å². The van der Waals surface area contributed by atoms with Crippen LogP contribution >= 0.6 is 0 Å². The summed E-state index contributed by atoms with van der Waals surface area (Å²) >= 11 is 0. The second-order valence-corrected chi connectivity index (χ2v) is 7.97. The molecule has 3 aliphatic rings. The molecule has 1 aliphatic carbocycles. The van der Waals surface area contributed by atoms with Crippen molar-refractivity contribution in [1.29, 1.82) is 0 Å². The van der Waals surface area contributed by atoms with E-state index in [4.69, 9.17) is 9.97 Å². The number of aromatic nitrogens is 2. The standard InChI is InChI=1S/C20H29N5O2/c1-13(26)24-11-9-15-16(12-24)22-19(23-18(15)21-2)17-8-5-10-25(17)20(27)14-6-3-4-7-14/h14,17H,3-12H2,1-2H3,(H,21,22,23)/t17-/m1/s1. The smallest absolute Gasteiger partial charge is 0.226 e. The SMILES string of the molecule is CNc1nc([C@H]2CCCN2C(=O)C2CCCC2)nc2c1CCN(C(C)=O)C2. The molecule has 146 valence electrons. The minimum Gasteiger partial charge on any atom is -0.373 e. The van der Waals surface area contributed by atoms with Crippen molar-refractivity contribution in [1.82, 2.24) is 19.8 Å². The minimum absolute atomic E-state index is 0.0387. The summed E-state index contributed by atoms with van der Waals surface area (Å²) < 4.78 is 0. The van der Waals surface area contributed by atoms with Crippen LogP contribution in [0.2, 0.25) is 0 Å². The average molecular weight is 371 g/mol. The van der Waals surface area contributed by atoms with Crippen molar-refractivity contribution in [2.75, 3.05) is 25.5 Å². The topological polar surface area (TPSA) is 78.4 Å². The van der Waals surface area contributed by atoms with Crippen LogP contribution in [0.4, 0.5) is 5.82 Å². The zero-order valence-electron chi connectivity index (χ0n) is 16.3. The molecule has 0 aromatic carbocycles. The molecule has 0 radical (unpaired) electrons. The molecule has 2 fully saturated rings. The third kappa shape index (κ3) is 3.39. The Morgan fingerprint density at radius 3 is 2.56 bits per heavy atom. The van der Waals surface area contributed by atoms with Crippen LogP contribution < -0.4 is 5.32 Å². The maximum atomic E-state index is 13.0. The van der Waals surface area contributed by atoms with Gasteiger partial charge in [-0.05, 0) is 32.1 Å². The van der Waals surface area contributed by atoms with E-state index in [1.165, 1.54) is 0 Å². The molecule has 7 nitrogen and oxygen atoms in total. The predicted octanol–water partition coefficient (Wildman–Crippen LogP) is 2.28. The molecule has 1 atom stereocenters. The first-order valence-corrected chi connectivity index (χ1v) is 10.2. The summed E-state index contributed by atoms with van der Waals surface area (Å²) in [6.45, 7) is 3.63. The fourth-order valence-corrected chi connectivity index (χ4v) is 4.78. The van der Waals surface area contributed by atoms with Crippen molar-refractivity contribution < 1.29 is 9.59 Å². The Hall–Kier alpha value is -2.18. The first-order valence-electron chi connectivity index (χ1n) is 10.2. The molecule has 2 aliphatic heterocycles. The number of fused-ring (bicyclic) bond motifs is 1. The molecule has 7 heteroatoms. The van der Waals surface area contributed by atoms with Crippen molar-refractivity contribution in [3.05, 3.63) is 17.1 Å². The van der Waals surface area contributed by atoms with Crippen LogP contribution in [0.15, 0.2) is 0 Å². The predicted molar refractivity (Wildman–Crippen MR) is 102 cm³/mol. The van der Waals surface area contributed by atoms with E-state index in [9.17, 15) is 9.59 Å². The van der Waals surface area contributed by atoms with Gasteiger partial charge in [-0.15, -0.1) is 0 Å². The van der Waals surface area contributed by atoms with Gasteiger partial charge in [-0.2, -0.15) is 0 Å². The van der Waals surface area contributed by atoms with Crippen molar-refractivity contribution in [3.63, 3.8) is 0 Å². The van der Waals surface area contributed by atoms with Gasteiger partial charge in [0.2, 0.25) is 11.8 Å². The normalized spacial score (nSPS) is 22.8. The third-order valence-corrected chi connectivity index (χ3v) is 6.30. The maximum absolute atomic E-state index is 13.0. The average Bonchev–Trinajstić information content (AvgIpc) is 3.37. The Balaban J connectivity index is 1.63. The Morgan fingerprint density at radius 2 is 1.85 bits per heavy atom. The van der Waals surface area contributed by atoms with Gasteiger partial charge in [-0.25, -0.2) is 9.97 Å². The highest BCUT2D eigenvalue weighted by Crippen LogP contribution is 2.36. The number of hydrogen-bond acceptors (Lipinski definition) is 5. The molecule has 3 heterocycles. The quantitative estimate of drug-likeness (QED) is 0.882. The molecular formula is C20H29N5O2. The lowest BCUT2D eigenvalue weighted by Crippen LogP contribution is -2.37. The van der Waals surface area contributed by atoms with Gasteiger partial charge in [0.25, 0.3) is 0 Å². The third-order valence-electron chi connectivity index (χ3n) is 6.30. The number of anilines is 1. The highest BCUT2D eigenvalue weighted by atomic mass is 16.2. The lowest BCUT2D eigenvalue weighted by atomic mass is 10.0. The van der Waals surface area contributed by atoms with E-state index < -0.39 is 0 Å². The monoisotopic (exact) mass is 371 g/mol. The van der Waals surface area contributed by atoms with Gasteiger partial charge in [0.05, 0.1) is 18.3 Å². The number of amides is 2. The summed E-state index contributed by atoms with van der Waals surface area (Å²) in [6.07, 6.45) is 7.03. The van der Waals surface area contributed by atoms with Gasteiger partial charge in [0.15, 0.2) is 5.82 Å². The van der Waals surface area contributed by atoms with Crippen molar-refractivity contribution in [2.24, 2.45) is 5.92 Å². The van der Waals surface area contributed by atoms with Crippen LogP contribution in [0, 0.1) is 5.92 Å². The number of carbonyl (C=O) groups excluding carboxylic acids is 2. The first kappa shape index (κ1) is 18.2. The van der Waals surface area contributed by atoms with Gasteiger partial charge in [-0.1, -0.05) is 12.8 Å². The number of nitrogens with zero attached hydrogens (tertiary/aromatic N) is 4. The van der Waals surface area contributed by atoms with E-state index in [1.807, 2.05) is 16.8 Å². The molecule has 1 saturated heterocycles. The Labute approximate surface area is 160 Å². The van der Waals surface area contributed by atoms with Gasteiger partial charge in [-0.3, -0.25) is 9.59 Å². The lowest BCUT2D eigenvalue weighted by molar-refractivity contribution is -0.136. The Bertz CT molecular complexity index is 744. The molecule has 1 aromatic heterocycles. The van der Waals surface area contributed by atoms with Crippen LogP contribution in [0.5, 0.6) is 0 Å². The summed E-state index contributed by atoms with van der Waals surface area (Å²) in [5.41, 5.74) is 2.02. The van der Waals surface area contributed by atoms with Crippen molar-refractivity contribution in [2.45, 2.75) is 64.5 Å². The zero-order chi connectivity index (χ0) is 19.0. The summed E-state index contributed by atoms with van der Waals surface area (Å²) in [7, 11) is 1.87. The second kappa shape index (κ2) is 7.44. The molecule has 27 heavy (non-hydrogen) atoms. The number of nitrogens with one attached hydrogen (secondary N) is 1. The van der Waals surface area contributed by atoms with E-state index in [1.54, 1.807) is 6.92 Å². The molecule has 0 unspecified atom stereocenters. The van der Waals surface area contributed by atoms with Crippen LogP contribution in [0.3, 0.4) is 0 Å². The minimum atomic E-state index is -0.0387. The largest absolute Gasteiger partial charge is 0.373 e. The molecule has 1 aromatic rings. The van der Waals surface area contributed by atoms with Gasteiger partial charge < -0.3 is 15.1 Å². The number of hydrogen-bond donors (Lipinski definition) is 1. The summed E-state index contributed by atoms with van der Waals surface area (Å²) in [5, 5.41) is 3.20. The molecule has 0 bridgehead atoms. The van der Waals surface area contributed by atoms with Crippen LogP contribution in [0.25, 0.3) is 0 Å².